The van der Waals surface area contributed by atoms with Crippen molar-refractivity contribution in [2.24, 2.45) is 11.5 Å². The molecule has 0 radical (unpaired) electrons. The van der Waals surface area contributed by atoms with E-state index in [1.54, 1.807) is 12.5 Å². The van der Waals surface area contributed by atoms with Crippen LogP contribution < -0.4 is 16.8 Å². The summed E-state index contributed by atoms with van der Waals surface area (Å²) in [5, 5.41) is 1.97. The van der Waals surface area contributed by atoms with E-state index in [0.29, 0.717) is 18.5 Å². The average molecular weight is 395 g/mol. The molecule has 2 aliphatic heterocycles. The maximum atomic E-state index is 13.4. The SMILES string of the molecule is CS[C@H]1C(=O)N[C@@H]1C(=O)[N+]1(C(=O)[C@@H](N)Cc2cnc[nH]2)CCC[C@H]1C(N)=O. The van der Waals surface area contributed by atoms with E-state index in [1.807, 2.05) is 0 Å². The van der Waals surface area contributed by atoms with Gasteiger partial charge in [-0.05, 0) is 6.26 Å². The molecule has 27 heavy (non-hydrogen) atoms. The number of primary amides is 1. The predicted molar refractivity (Wildman–Crippen MR) is 96.9 cm³/mol. The zero-order valence-corrected chi connectivity index (χ0v) is 15.7. The number of amides is 4. The lowest BCUT2D eigenvalue weighted by atomic mass is 9.99. The minimum absolute atomic E-state index is 0.148. The molecule has 3 rings (SSSR count). The Labute approximate surface area is 160 Å². The van der Waals surface area contributed by atoms with Crippen LogP contribution in [0.25, 0.3) is 0 Å². The first kappa shape index (κ1) is 19.5. The summed E-state index contributed by atoms with van der Waals surface area (Å²) in [7, 11) is 0. The number of nitrogens with zero attached hydrogens (tertiary/aromatic N) is 2. The molecule has 1 aromatic rings. The molecule has 1 unspecified atom stereocenters. The summed E-state index contributed by atoms with van der Waals surface area (Å²) < 4.78 is -0.730. The van der Waals surface area contributed by atoms with Gasteiger partial charge in [0.05, 0.1) is 12.9 Å². The van der Waals surface area contributed by atoms with Gasteiger partial charge in [-0.15, -0.1) is 11.8 Å². The number of nitrogens with two attached hydrogens (primary N) is 2. The van der Waals surface area contributed by atoms with Crippen molar-refractivity contribution in [1.82, 2.24) is 15.3 Å². The van der Waals surface area contributed by atoms with Crippen molar-refractivity contribution in [3.63, 3.8) is 0 Å². The van der Waals surface area contributed by atoms with Gasteiger partial charge in [-0.1, -0.05) is 0 Å². The van der Waals surface area contributed by atoms with Crippen LogP contribution in [0.3, 0.4) is 0 Å². The molecule has 2 fully saturated rings. The van der Waals surface area contributed by atoms with Crippen LogP contribution >= 0.6 is 11.8 Å². The Bertz CT molecular complexity index is 769. The number of hydrogen-bond donors (Lipinski definition) is 4. The zero-order valence-electron chi connectivity index (χ0n) is 14.9. The fraction of sp³-hybridized carbons (Fsp3) is 0.562. The Hall–Kier alpha value is -2.24. The van der Waals surface area contributed by atoms with Crippen molar-refractivity contribution < 1.29 is 23.7 Å². The standard InChI is InChI=1S/C16H22N6O4S/c1-27-12-11(21-14(12)24)16(26)22(4-2-3-10(22)13(18)23)15(25)9(17)5-8-6-19-7-20-8/h6-7,9-12H,2-5,17H2,1H3,(H3-,18,19,20,21,23,24)/p+1/t9-,10-,11-,12+,22?/m0/s1. The highest BCUT2D eigenvalue weighted by molar-refractivity contribution is 8.00. The second kappa shape index (κ2) is 7.41. The van der Waals surface area contributed by atoms with Crippen LogP contribution in [0.4, 0.5) is 0 Å². The number of rotatable bonds is 6. The van der Waals surface area contributed by atoms with Crippen molar-refractivity contribution in [1.29, 1.82) is 0 Å². The number of quaternary nitrogens is 1. The van der Waals surface area contributed by atoms with Gasteiger partial charge >= 0.3 is 11.8 Å². The van der Waals surface area contributed by atoms with Gasteiger partial charge < -0.3 is 21.8 Å². The van der Waals surface area contributed by atoms with E-state index in [2.05, 4.69) is 15.3 Å². The van der Waals surface area contributed by atoms with E-state index in [4.69, 9.17) is 11.5 Å². The number of aromatic nitrogens is 2. The molecule has 0 aromatic carbocycles. The van der Waals surface area contributed by atoms with E-state index in [-0.39, 0.29) is 18.9 Å². The quantitative estimate of drug-likeness (QED) is 0.321. The number of nitrogens with one attached hydrogen (secondary N) is 2. The number of imidazole rings is 1. The summed E-state index contributed by atoms with van der Waals surface area (Å²) in [4.78, 5) is 57.2. The van der Waals surface area contributed by atoms with Crippen LogP contribution in [0.5, 0.6) is 0 Å². The summed E-state index contributed by atoms with van der Waals surface area (Å²) in [6.07, 6.45) is 5.71. The monoisotopic (exact) mass is 395 g/mol. The Morgan fingerprint density at radius 1 is 1.44 bits per heavy atom. The molecule has 5 atom stereocenters. The van der Waals surface area contributed by atoms with Gasteiger partial charge in [0.25, 0.3) is 5.91 Å². The van der Waals surface area contributed by atoms with E-state index in [9.17, 15) is 19.2 Å². The van der Waals surface area contributed by atoms with Crippen molar-refractivity contribution in [3.8, 4) is 0 Å². The fourth-order valence-electron chi connectivity index (χ4n) is 3.97. The van der Waals surface area contributed by atoms with Crippen LogP contribution in [0, 0.1) is 0 Å². The summed E-state index contributed by atoms with van der Waals surface area (Å²) in [6.45, 7) is 0.148. The van der Waals surface area contributed by atoms with Crippen LogP contribution in [-0.4, -0.2) is 74.3 Å². The lowest BCUT2D eigenvalue weighted by Crippen LogP contribution is -2.76. The molecule has 0 aliphatic carbocycles. The second-order valence-electron chi connectivity index (χ2n) is 6.86. The number of carbonyl (C=O) groups excluding carboxylic acids is 4. The summed E-state index contributed by atoms with van der Waals surface area (Å²) in [6, 6.07) is -2.83. The van der Waals surface area contributed by atoms with Crippen LogP contribution in [-0.2, 0) is 25.6 Å². The first-order valence-electron chi connectivity index (χ1n) is 8.64. The second-order valence-corrected chi connectivity index (χ2v) is 7.84. The Morgan fingerprint density at radius 3 is 2.74 bits per heavy atom. The van der Waals surface area contributed by atoms with Gasteiger partial charge in [0.15, 0.2) is 12.1 Å². The van der Waals surface area contributed by atoms with Gasteiger partial charge in [0, 0.05) is 31.2 Å². The van der Waals surface area contributed by atoms with E-state index in [1.165, 1.54) is 18.1 Å². The lowest BCUT2D eigenvalue weighted by molar-refractivity contribution is -0.783. The molecule has 10 nitrogen and oxygen atoms in total. The Morgan fingerprint density at radius 2 is 2.19 bits per heavy atom. The normalized spacial score (nSPS) is 31.0. The lowest BCUT2D eigenvalue weighted by Gasteiger charge is -2.41. The molecule has 3 heterocycles. The molecule has 0 spiro atoms. The number of aromatic amines is 1. The number of imide groups is 1. The van der Waals surface area contributed by atoms with Crippen LogP contribution in [0.15, 0.2) is 12.5 Å². The van der Waals surface area contributed by atoms with Crippen LogP contribution in [0.2, 0.25) is 0 Å². The Kier molecular flexibility index (Phi) is 5.36. The third-order valence-electron chi connectivity index (χ3n) is 5.33. The number of H-pyrrole nitrogens is 1. The smallest absolute Gasteiger partial charge is 0.345 e. The third kappa shape index (κ3) is 3.15. The van der Waals surface area contributed by atoms with Crippen molar-refractivity contribution in [3.05, 3.63) is 18.2 Å². The molecule has 146 valence electrons. The van der Waals surface area contributed by atoms with Crippen molar-refractivity contribution in [2.45, 2.75) is 42.6 Å². The van der Waals surface area contributed by atoms with Gasteiger partial charge in [-0.2, -0.15) is 4.48 Å². The van der Waals surface area contributed by atoms with E-state index in [0.717, 1.165) is 0 Å². The topological polar surface area (TPSA) is 161 Å². The number of thioether (sulfide) groups is 1. The molecular formula is C16H23N6O4S+. The summed E-state index contributed by atoms with van der Waals surface area (Å²) in [5.41, 5.74) is 12.3. The minimum Gasteiger partial charge on any atom is -0.364 e. The van der Waals surface area contributed by atoms with Crippen molar-refractivity contribution in [2.75, 3.05) is 12.8 Å². The highest BCUT2D eigenvalue weighted by Gasteiger charge is 2.63. The zero-order chi connectivity index (χ0) is 19.8. The van der Waals surface area contributed by atoms with Gasteiger partial charge in [0.2, 0.25) is 5.91 Å². The van der Waals surface area contributed by atoms with Crippen LogP contribution in [0.1, 0.15) is 18.5 Å². The molecule has 4 amide bonds. The number of β-lactam (4-membered cyclic amide) rings is 1. The maximum absolute atomic E-state index is 13.4. The van der Waals surface area contributed by atoms with Gasteiger partial charge in [0.1, 0.15) is 11.3 Å². The largest absolute Gasteiger partial charge is 0.364 e. The predicted octanol–water partition coefficient (Wildman–Crippen LogP) is -1.97. The molecule has 2 aliphatic rings. The number of carbonyl (C=O) groups is 4. The molecular weight excluding hydrogens is 372 g/mol. The van der Waals surface area contributed by atoms with E-state index >= 15 is 0 Å². The molecule has 1 aromatic heterocycles. The number of hydrogen-bond acceptors (Lipinski definition) is 7. The molecule has 0 bridgehead atoms. The highest BCUT2D eigenvalue weighted by atomic mass is 32.2. The minimum atomic E-state index is -1.02. The molecule has 0 saturated carbocycles. The van der Waals surface area contributed by atoms with Gasteiger partial charge in [-0.3, -0.25) is 9.59 Å². The van der Waals surface area contributed by atoms with E-state index < -0.39 is 45.6 Å². The third-order valence-corrected chi connectivity index (χ3v) is 6.32. The summed E-state index contributed by atoms with van der Waals surface area (Å²) in [5.74, 6) is -2.05. The van der Waals surface area contributed by atoms with Gasteiger partial charge in [-0.25, -0.2) is 14.6 Å². The fourth-order valence-corrected chi connectivity index (χ4v) is 4.71. The first-order valence-corrected chi connectivity index (χ1v) is 9.93. The van der Waals surface area contributed by atoms with Crippen molar-refractivity contribution >= 4 is 35.4 Å². The Balaban J connectivity index is 1.93. The molecule has 6 N–H and O–H groups in total. The first-order chi connectivity index (χ1) is 12.8. The average Bonchev–Trinajstić information content (AvgIpc) is 3.28. The number of likely N-dealkylation sites (tertiary alicyclic amines) is 1. The maximum Gasteiger partial charge on any atom is 0.345 e. The molecule has 2 saturated heterocycles. The highest BCUT2D eigenvalue weighted by Crippen LogP contribution is 2.33. The molecule has 11 heteroatoms. The summed E-state index contributed by atoms with van der Waals surface area (Å²) >= 11 is 1.23.